The molecule has 2 heterocycles. The molecule has 1 aromatic carbocycles. The number of unbranched alkanes of at least 4 members (excludes halogenated alkanes) is 1. The predicted molar refractivity (Wildman–Crippen MR) is 119 cm³/mol. The summed E-state index contributed by atoms with van der Waals surface area (Å²) in [6.45, 7) is 4.70. The summed E-state index contributed by atoms with van der Waals surface area (Å²) in [5, 5.41) is 14.4. The molecule has 0 fully saturated rings. The zero-order valence-corrected chi connectivity index (χ0v) is 18.7. The number of methoxy groups -OCH3 is 2. The van der Waals surface area contributed by atoms with Gasteiger partial charge in [0.2, 0.25) is 5.95 Å². The van der Waals surface area contributed by atoms with E-state index in [2.05, 4.69) is 32.5 Å². The van der Waals surface area contributed by atoms with Crippen molar-refractivity contribution < 1.29 is 14.3 Å². The normalized spacial score (nSPS) is 11.1. The Morgan fingerprint density at radius 3 is 2.84 bits per heavy atom. The predicted octanol–water partition coefficient (Wildman–Crippen LogP) is 4.10. The van der Waals surface area contributed by atoms with E-state index in [0.29, 0.717) is 33.6 Å². The number of hydrogen-bond donors (Lipinski definition) is 2. The average molecular weight is 445 g/mol. The maximum Gasteiger partial charge on any atom is 0.250 e. The van der Waals surface area contributed by atoms with E-state index in [9.17, 15) is 4.79 Å². The number of aromatic amines is 1. The van der Waals surface area contributed by atoms with Crippen LogP contribution in [0.2, 0.25) is 5.15 Å². The molecule has 0 spiro atoms. The van der Waals surface area contributed by atoms with Crippen LogP contribution in [0.25, 0.3) is 17.5 Å². The highest BCUT2D eigenvalue weighted by Gasteiger charge is 2.14. The van der Waals surface area contributed by atoms with Gasteiger partial charge in [-0.25, -0.2) is 0 Å². The van der Waals surface area contributed by atoms with Crippen molar-refractivity contribution in [1.82, 2.24) is 25.0 Å². The molecular formula is C21H25ClN6O3. The van der Waals surface area contributed by atoms with Crippen LogP contribution < -0.4 is 14.8 Å². The molecule has 1 amide bonds. The van der Waals surface area contributed by atoms with Crippen LogP contribution in [0.4, 0.5) is 5.95 Å². The molecule has 0 bridgehead atoms. The van der Waals surface area contributed by atoms with E-state index in [1.54, 1.807) is 43.2 Å². The lowest BCUT2D eigenvalue weighted by Gasteiger charge is -2.07. The van der Waals surface area contributed by atoms with Crippen molar-refractivity contribution in [2.75, 3.05) is 19.5 Å². The minimum atomic E-state index is -0.385. The van der Waals surface area contributed by atoms with Crippen molar-refractivity contribution in [2.45, 2.75) is 33.2 Å². The Hall–Kier alpha value is -3.33. The van der Waals surface area contributed by atoms with Crippen molar-refractivity contribution in [1.29, 1.82) is 0 Å². The summed E-state index contributed by atoms with van der Waals surface area (Å²) in [7, 11) is 3.13. The van der Waals surface area contributed by atoms with Crippen molar-refractivity contribution in [3.63, 3.8) is 0 Å². The maximum absolute atomic E-state index is 12.3. The minimum absolute atomic E-state index is 0.143. The van der Waals surface area contributed by atoms with Gasteiger partial charge < -0.3 is 9.47 Å². The summed E-state index contributed by atoms with van der Waals surface area (Å²) < 4.78 is 12.3. The highest BCUT2D eigenvalue weighted by molar-refractivity contribution is 6.31. The van der Waals surface area contributed by atoms with Crippen LogP contribution in [0.3, 0.4) is 0 Å². The van der Waals surface area contributed by atoms with Gasteiger partial charge in [0, 0.05) is 24.3 Å². The Bertz CT molecular complexity index is 1090. The molecule has 0 radical (unpaired) electrons. The average Bonchev–Trinajstić information content (AvgIpc) is 3.34. The third-order valence-corrected chi connectivity index (χ3v) is 5.02. The fourth-order valence-corrected chi connectivity index (χ4v) is 3.28. The fourth-order valence-electron chi connectivity index (χ4n) is 2.96. The molecular weight excluding hydrogens is 420 g/mol. The number of rotatable bonds is 9. The number of halogens is 1. The van der Waals surface area contributed by atoms with E-state index in [-0.39, 0.29) is 11.9 Å². The van der Waals surface area contributed by atoms with E-state index < -0.39 is 0 Å². The van der Waals surface area contributed by atoms with Crippen LogP contribution in [-0.4, -0.2) is 45.1 Å². The number of aromatic nitrogens is 5. The molecule has 3 rings (SSSR count). The number of amides is 1. The second kappa shape index (κ2) is 10.1. The second-order valence-electron chi connectivity index (χ2n) is 6.76. The first-order chi connectivity index (χ1) is 15.0. The quantitative estimate of drug-likeness (QED) is 0.481. The van der Waals surface area contributed by atoms with Gasteiger partial charge in [0.25, 0.3) is 5.91 Å². The molecule has 164 valence electrons. The molecule has 0 aliphatic rings. The molecule has 0 saturated heterocycles. The highest BCUT2D eigenvalue weighted by Crippen LogP contribution is 2.31. The molecule has 2 aromatic heterocycles. The molecule has 0 atom stereocenters. The number of anilines is 1. The largest absolute Gasteiger partial charge is 0.497 e. The number of H-pyrrole nitrogens is 1. The summed E-state index contributed by atoms with van der Waals surface area (Å²) in [4.78, 5) is 16.7. The Labute approximate surface area is 185 Å². The van der Waals surface area contributed by atoms with Gasteiger partial charge >= 0.3 is 0 Å². The van der Waals surface area contributed by atoms with Crippen molar-refractivity contribution >= 4 is 29.5 Å². The fraction of sp³-hybridized carbons (Fsp3) is 0.333. The molecule has 9 nitrogen and oxygen atoms in total. The minimum Gasteiger partial charge on any atom is -0.497 e. The summed E-state index contributed by atoms with van der Waals surface area (Å²) in [5.74, 6) is 1.44. The van der Waals surface area contributed by atoms with Gasteiger partial charge in [-0.1, -0.05) is 24.9 Å². The van der Waals surface area contributed by atoms with Crippen molar-refractivity contribution in [3.05, 3.63) is 40.7 Å². The van der Waals surface area contributed by atoms with Gasteiger partial charge in [0.05, 0.1) is 25.5 Å². The van der Waals surface area contributed by atoms with Crippen LogP contribution in [0, 0.1) is 6.92 Å². The zero-order valence-electron chi connectivity index (χ0n) is 17.9. The van der Waals surface area contributed by atoms with E-state index in [4.69, 9.17) is 21.1 Å². The summed E-state index contributed by atoms with van der Waals surface area (Å²) >= 11 is 6.40. The smallest absolute Gasteiger partial charge is 0.250 e. The number of carbonyl (C=O) groups excluding carboxylic acids is 1. The number of aryl methyl sites for hydroxylation is 2. The van der Waals surface area contributed by atoms with E-state index in [1.807, 2.05) is 6.92 Å². The van der Waals surface area contributed by atoms with E-state index >= 15 is 0 Å². The Balaban J connectivity index is 1.70. The van der Waals surface area contributed by atoms with Gasteiger partial charge in [-0.3, -0.25) is 19.9 Å². The van der Waals surface area contributed by atoms with Crippen LogP contribution in [0.15, 0.2) is 24.3 Å². The SMILES string of the molecule is CCCCn1nc(C)c(C=CC(=O)Nc2n[nH]c(-c3ccc(OC)cc3OC)n2)c1Cl. The first-order valence-corrected chi connectivity index (χ1v) is 10.2. The Morgan fingerprint density at radius 1 is 1.32 bits per heavy atom. The third-order valence-electron chi connectivity index (χ3n) is 4.62. The lowest BCUT2D eigenvalue weighted by Crippen LogP contribution is -2.09. The van der Waals surface area contributed by atoms with Crippen LogP contribution in [-0.2, 0) is 11.3 Å². The third kappa shape index (κ3) is 5.24. The number of carbonyl (C=O) groups is 1. The molecule has 0 aliphatic heterocycles. The number of hydrogen-bond acceptors (Lipinski definition) is 6. The molecule has 0 saturated carbocycles. The topological polar surface area (TPSA) is 107 Å². The molecule has 0 unspecified atom stereocenters. The van der Waals surface area contributed by atoms with Gasteiger partial charge in [0.1, 0.15) is 16.7 Å². The Morgan fingerprint density at radius 2 is 2.13 bits per heavy atom. The number of nitrogens with one attached hydrogen (secondary N) is 2. The van der Waals surface area contributed by atoms with Gasteiger partial charge in [0.15, 0.2) is 5.82 Å². The van der Waals surface area contributed by atoms with Crippen LogP contribution in [0.5, 0.6) is 11.5 Å². The number of benzene rings is 1. The van der Waals surface area contributed by atoms with Gasteiger partial charge in [-0.15, -0.1) is 5.10 Å². The summed E-state index contributed by atoms with van der Waals surface area (Å²) in [5.41, 5.74) is 2.16. The molecule has 10 heteroatoms. The summed E-state index contributed by atoms with van der Waals surface area (Å²) in [6.07, 6.45) is 5.05. The maximum atomic E-state index is 12.3. The molecule has 2 N–H and O–H groups in total. The van der Waals surface area contributed by atoms with Crippen molar-refractivity contribution in [2.24, 2.45) is 0 Å². The summed E-state index contributed by atoms with van der Waals surface area (Å²) in [6, 6.07) is 5.32. The first-order valence-electron chi connectivity index (χ1n) is 9.83. The second-order valence-corrected chi connectivity index (χ2v) is 7.12. The lowest BCUT2D eigenvalue weighted by atomic mass is 10.2. The van der Waals surface area contributed by atoms with Crippen molar-refractivity contribution in [3.8, 4) is 22.9 Å². The van der Waals surface area contributed by atoms with Gasteiger partial charge in [-0.05, 0) is 31.6 Å². The monoisotopic (exact) mass is 444 g/mol. The van der Waals surface area contributed by atoms with Crippen LogP contribution in [0.1, 0.15) is 31.0 Å². The molecule has 31 heavy (non-hydrogen) atoms. The van der Waals surface area contributed by atoms with E-state index in [0.717, 1.165) is 25.1 Å². The highest BCUT2D eigenvalue weighted by atomic mass is 35.5. The van der Waals surface area contributed by atoms with Crippen LogP contribution >= 0.6 is 11.6 Å². The van der Waals surface area contributed by atoms with E-state index in [1.165, 1.54) is 6.08 Å². The van der Waals surface area contributed by atoms with Gasteiger partial charge in [-0.2, -0.15) is 10.1 Å². The zero-order chi connectivity index (χ0) is 22.4. The molecule has 0 aliphatic carbocycles. The number of ether oxygens (including phenoxy) is 2. The Kier molecular flexibility index (Phi) is 7.30. The lowest BCUT2D eigenvalue weighted by molar-refractivity contribution is -0.111. The molecule has 3 aromatic rings. The number of nitrogens with zero attached hydrogens (tertiary/aromatic N) is 4. The standard InChI is InChI=1S/C21H25ClN6O3/c1-5-6-11-28-19(22)15(13(2)27-28)9-10-18(29)23-21-24-20(25-26-21)16-8-7-14(30-3)12-17(16)31-4/h7-10,12H,5-6,11H2,1-4H3,(H2,23,24,25,26,29). The first kappa shape index (κ1) is 22.4.